The molecular formula is C24H29N3O3. The van der Waals surface area contributed by atoms with Crippen molar-refractivity contribution in [2.45, 2.75) is 44.8 Å². The Morgan fingerprint density at radius 1 is 1.20 bits per heavy atom. The number of amides is 1. The van der Waals surface area contributed by atoms with Crippen molar-refractivity contribution in [1.82, 2.24) is 10.2 Å². The quantitative estimate of drug-likeness (QED) is 0.811. The molecule has 1 fully saturated rings. The maximum Gasteiger partial charge on any atom is 0.219 e. The zero-order valence-corrected chi connectivity index (χ0v) is 17.6. The molecule has 2 aromatic rings. The van der Waals surface area contributed by atoms with Crippen molar-refractivity contribution in [3.63, 3.8) is 0 Å². The van der Waals surface area contributed by atoms with Gasteiger partial charge in [0.05, 0.1) is 6.61 Å². The minimum atomic E-state index is -0.439. The van der Waals surface area contributed by atoms with E-state index in [9.17, 15) is 9.90 Å². The van der Waals surface area contributed by atoms with E-state index in [1.807, 2.05) is 42.2 Å². The summed E-state index contributed by atoms with van der Waals surface area (Å²) in [6.07, 6.45) is 2.18. The molecular weight excluding hydrogens is 378 g/mol. The number of aliphatic imine (C=N–C) groups is 1. The van der Waals surface area contributed by atoms with Crippen molar-refractivity contribution in [3.8, 4) is 11.5 Å². The molecule has 0 unspecified atom stereocenters. The monoisotopic (exact) mass is 407 g/mol. The summed E-state index contributed by atoms with van der Waals surface area (Å²) in [5.41, 5.74) is 2.52. The topological polar surface area (TPSA) is 74.2 Å². The van der Waals surface area contributed by atoms with Crippen molar-refractivity contribution in [1.29, 1.82) is 0 Å². The normalized spacial score (nSPS) is 20.7. The fourth-order valence-corrected chi connectivity index (χ4v) is 4.42. The van der Waals surface area contributed by atoms with Crippen LogP contribution >= 0.6 is 0 Å². The lowest BCUT2D eigenvalue weighted by Gasteiger charge is -2.45. The molecule has 1 amide bonds. The highest BCUT2D eigenvalue weighted by Gasteiger charge is 2.41. The van der Waals surface area contributed by atoms with Gasteiger partial charge in [0.2, 0.25) is 5.91 Å². The Balaban J connectivity index is 1.67. The van der Waals surface area contributed by atoms with Crippen LogP contribution in [0.25, 0.3) is 0 Å². The number of likely N-dealkylation sites (tertiary alicyclic amines) is 1. The van der Waals surface area contributed by atoms with Crippen LogP contribution in [0.3, 0.4) is 0 Å². The lowest BCUT2D eigenvalue weighted by molar-refractivity contribution is -0.130. The Bertz CT molecular complexity index is 931. The van der Waals surface area contributed by atoms with E-state index in [2.05, 4.69) is 17.4 Å². The van der Waals surface area contributed by atoms with Gasteiger partial charge in [0.1, 0.15) is 17.2 Å². The predicted molar refractivity (Wildman–Crippen MR) is 117 cm³/mol. The van der Waals surface area contributed by atoms with Gasteiger partial charge in [-0.3, -0.25) is 15.1 Å². The highest BCUT2D eigenvalue weighted by atomic mass is 16.5. The van der Waals surface area contributed by atoms with Gasteiger partial charge in [0.15, 0.2) is 0 Å². The van der Waals surface area contributed by atoms with Gasteiger partial charge >= 0.3 is 0 Å². The fraction of sp³-hybridized carbons (Fsp3) is 0.417. The van der Waals surface area contributed by atoms with Crippen molar-refractivity contribution < 1.29 is 14.6 Å². The number of hydrogen-bond acceptors (Lipinski definition) is 5. The van der Waals surface area contributed by atoms with E-state index in [-0.39, 0.29) is 11.9 Å². The van der Waals surface area contributed by atoms with E-state index in [0.29, 0.717) is 31.9 Å². The van der Waals surface area contributed by atoms with Crippen LogP contribution in [0.5, 0.6) is 11.5 Å². The van der Waals surface area contributed by atoms with Crippen LogP contribution in [0.1, 0.15) is 50.3 Å². The lowest BCUT2D eigenvalue weighted by atomic mass is 9.87. The van der Waals surface area contributed by atoms with Crippen LogP contribution in [0.4, 0.5) is 0 Å². The molecule has 2 heterocycles. The van der Waals surface area contributed by atoms with Crippen molar-refractivity contribution in [2.75, 3.05) is 19.7 Å². The molecule has 0 radical (unpaired) electrons. The molecule has 6 nitrogen and oxygen atoms in total. The summed E-state index contributed by atoms with van der Waals surface area (Å²) in [4.78, 5) is 18.8. The summed E-state index contributed by atoms with van der Waals surface area (Å²) in [6.45, 7) is 5.58. The number of carbonyl (C=O) groups is 1. The van der Waals surface area contributed by atoms with E-state index in [1.165, 1.54) is 0 Å². The Labute approximate surface area is 177 Å². The van der Waals surface area contributed by atoms with Crippen LogP contribution in [0, 0.1) is 0 Å². The van der Waals surface area contributed by atoms with Gasteiger partial charge < -0.3 is 14.7 Å². The molecule has 6 heteroatoms. The number of ether oxygens (including phenoxy) is 1. The number of para-hydroxylation sites is 1. The Kier molecular flexibility index (Phi) is 5.77. The van der Waals surface area contributed by atoms with Gasteiger partial charge in [-0.15, -0.1) is 0 Å². The Morgan fingerprint density at radius 3 is 2.53 bits per heavy atom. The van der Waals surface area contributed by atoms with E-state index in [1.54, 1.807) is 13.0 Å². The molecule has 4 rings (SSSR count). The third-order valence-corrected chi connectivity index (χ3v) is 6.04. The highest BCUT2D eigenvalue weighted by molar-refractivity contribution is 6.02. The fourth-order valence-electron chi connectivity index (χ4n) is 4.42. The highest BCUT2D eigenvalue weighted by Crippen LogP contribution is 2.37. The summed E-state index contributed by atoms with van der Waals surface area (Å²) >= 11 is 0. The summed E-state index contributed by atoms with van der Waals surface area (Å²) in [5, 5.41) is 14.2. The van der Waals surface area contributed by atoms with Gasteiger partial charge in [-0.25, -0.2) is 0 Å². The van der Waals surface area contributed by atoms with Gasteiger partial charge in [-0.05, 0) is 42.8 Å². The molecule has 1 atom stereocenters. The van der Waals surface area contributed by atoms with Crippen LogP contribution < -0.4 is 10.1 Å². The number of piperidine rings is 1. The van der Waals surface area contributed by atoms with Gasteiger partial charge in [0, 0.05) is 56.6 Å². The average Bonchev–Trinajstić information content (AvgIpc) is 2.75. The third-order valence-electron chi connectivity index (χ3n) is 6.04. The van der Waals surface area contributed by atoms with Gasteiger partial charge in [-0.1, -0.05) is 18.2 Å². The second kappa shape index (κ2) is 8.48. The summed E-state index contributed by atoms with van der Waals surface area (Å²) < 4.78 is 5.58. The molecule has 2 N–H and O–H groups in total. The molecule has 2 aliphatic rings. The number of aromatic hydroxyl groups is 1. The number of nitrogens with one attached hydrogen (secondary N) is 1. The molecule has 158 valence electrons. The van der Waals surface area contributed by atoms with E-state index in [0.717, 1.165) is 35.4 Å². The van der Waals surface area contributed by atoms with E-state index < -0.39 is 5.66 Å². The average molecular weight is 408 g/mol. The molecule has 0 bridgehead atoms. The summed E-state index contributed by atoms with van der Waals surface area (Å²) in [7, 11) is 0. The van der Waals surface area contributed by atoms with Gasteiger partial charge in [0.25, 0.3) is 0 Å². The minimum Gasteiger partial charge on any atom is -0.508 e. The maximum atomic E-state index is 11.8. The summed E-state index contributed by atoms with van der Waals surface area (Å²) in [6, 6.07) is 15.5. The second-order valence-electron chi connectivity index (χ2n) is 8.01. The number of phenolic OH excluding ortho intramolecular Hbond substituents is 1. The van der Waals surface area contributed by atoms with Crippen LogP contribution in [0.2, 0.25) is 0 Å². The summed E-state index contributed by atoms with van der Waals surface area (Å²) in [5.74, 6) is 1.24. The Hall–Kier alpha value is -2.86. The molecule has 2 aromatic carbocycles. The van der Waals surface area contributed by atoms with Crippen LogP contribution in [-0.2, 0) is 4.79 Å². The Morgan fingerprint density at radius 2 is 1.90 bits per heavy atom. The molecule has 0 aliphatic carbocycles. The van der Waals surface area contributed by atoms with E-state index >= 15 is 0 Å². The lowest BCUT2D eigenvalue weighted by Crippen LogP contribution is -2.56. The van der Waals surface area contributed by atoms with Crippen LogP contribution in [-0.4, -0.2) is 47.0 Å². The van der Waals surface area contributed by atoms with Crippen molar-refractivity contribution in [3.05, 3.63) is 59.7 Å². The van der Waals surface area contributed by atoms with Crippen molar-refractivity contribution in [2.24, 2.45) is 4.99 Å². The number of hydrogen-bond donors (Lipinski definition) is 2. The number of benzene rings is 2. The zero-order valence-electron chi connectivity index (χ0n) is 17.6. The predicted octanol–water partition coefficient (Wildman–Crippen LogP) is 3.65. The van der Waals surface area contributed by atoms with Crippen molar-refractivity contribution >= 4 is 11.6 Å². The van der Waals surface area contributed by atoms with E-state index in [4.69, 9.17) is 9.73 Å². The zero-order chi connectivity index (χ0) is 21.1. The molecule has 0 aromatic heterocycles. The third kappa shape index (κ3) is 4.19. The van der Waals surface area contributed by atoms with Crippen LogP contribution in [0.15, 0.2) is 53.5 Å². The number of carbonyl (C=O) groups excluding carboxylic acids is 1. The molecule has 1 saturated heterocycles. The molecule has 1 spiro atoms. The second-order valence-corrected chi connectivity index (χ2v) is 8.01. The largest absolute Gasteiger partial charge is 0.508 e. The first-order valence-corrected chi connectivity index (χ1v) is 10.6. The number of nitrogens with zero attached hydrogens (tertiary/aromatic N) is 2. The molecule has 30 heavy (non-hydrogen) atoms. The molecule has 0 saturated carbocycles. The smallest absolute Gasteiger partial charge is 0.219 e. The standard InChI is InChI=1S/C24H29N3O3/c1-3-30-19-10-8-18(9-11-19)21-16-22(20-6-4-5-7-23(20)29)26-24(25-21)12-14-27(15-13-24)17(2)28/h4-11,22,26,29H,3,12-16H2,1-2H3/t22-/m1/s1. The maximum absolute atomic E-state index is 11.8. The minimum absolute atomic E-state index is 0.0471. The first-order chi connectivity index (χ1) is 14.5. The number of rotatable bonds is 4. The first kappa shape index (κ1) is 20.4. The number of phenols is 1. The SMILES string of the molecule is CCOc1ccc(C2=NC3(CCN(C(C)=O)CC3)N[C@@H](c3ccccc3O)C2)cc1. The first-order valence-electron chi connectivity index (χ1n) is 10.6. The molecule has 2 aliphatic heterocycles. The van der Waals surface area contributed by atoms with Gasteiger partial charge in [-0.2, -0.15) is 0 Å².